The van der Waals surface area contributed by atoms with Crippen LogP contribution in [0.1, 0.15) is 51.5 Å². The Labute approximate surface area is 137 Å². The zero-order valence-corrected chi connectivity index (χ0v) is 13.7. The molecule has 0 spiro atoms. The van der Waals surface area contributed by atoms with Crippen LogP contribution in [0.2, 0.25) is 0 Å². The van der Waals surface area contributed by atoms with Crippen molar-refractivity contribution < 1.29 is 0 Å². The molecule has 0 amide bonds. The lowest BCUT2D eigenvalue weighted by Gasteiger charge is -2.46. The largest absolute Gasteiger partial charge is 0.231 e. The lowest BCUT2D eigenvalue weighted by Crippen LogP contribution is -2.56. The zero-order valence-electron chi connectivity index (χ0n) is 13.7. The van der Waals surface area contributed by atoms with Crippen LogP contribution in [0.25, 0.3) is 0 Å². The van der Waals surface area contributed by atoms with E-state index in [1.807, 2.05) is 18.2 Å². The second-order valence-corrected chi connectivity index (χ2v) is 6.64. The quantitative estimate of drug-likeness (QED) is 0.600. The van der Waals surface area contributed by atoms with Gasteiger partial charge in [0.2, 0.25) is 0 Å². The molecule has 1 aliphatic carbocycles. The van der Waals surface area contributed by atoms with Crippen LogP contribution < -0.4 is 0 Å². The van der Waals surface area contributed by atoms with Crippen molar-refractivity contribution in [2.24, 2.45) is 10.7 Å². The van der Waals surface area contributed by atoms with E-state index in [9.17, 15) is 15.4 Å². The van der Waals surface area contributed by atoms with Crippen molar-refractivity contribution in [1.82, 2.24) is 5.01 Å². The summed E-state index contributed by atoms with van der Waals surface area (Å²) in [6.07, 6.45) is 4.81. The van der Waals surface area contributed by atoms with Gasteiger partial charge in [0.15, 0.2) is 5.54 Å². The normalized spacial score (nSPS) is 18.3. The minimum Gasteiger partial charge on any atom is -0.231 e. The van der Waals surface area contributed by atoms with Crippen molar-refractivity contribution in [3.63, 3.8) is 0 Å². The Bertz CT molecular complexity index is 623. The lowest BCUT2D eigenvalue weighted by atomic mass is 9.68. The van der Waals surface area contributed by atoms with Crippen LogP contribution >= 0.6 is 0 Å². The summed E-state index contributed by atoms with van der Waals surface area (Å²) < 4.78 is 0. The Kier molecular flexibility index (Phi) is 5.01. The first-order chi connectivity index (χ1) is 11.0. The standard InChI is InChI=1S/C18H22N4O/c1-17(2,13-19)18(14-20,15-9-5-3-6-10-15)22(21-23)16-11-7-4-8-12-16/h3,5-6,9-10,16H,4,7-8,11-12H2,1-2H3. The molecule has 1 aromatic carbocycles. The lowest BCUT2D eigenvalue weighted by molar-refractivity contribution is 0.00331. The van der Waals surface area contributed by atoms with Crippen molar-refractivity contribution in [3.05, 3.63) is 40.8 Å². The van der Waals surface area contributed by atoms with E-state index >= 15 is 0 Å². The predicted molar refractivity (Wildman–Crippen MR) is 87.6 cm³/mol. The van der Waals surface area contributed by atoms with Gasteiger partial charge in [-0.15, -0.1) is 4.91 Å². The van der Waals surface area contributed by atoms with Crippen LogP contribution in [-0.4, -0.2) is 11.1 Å². The minimum absolute atomic E-state index is 0.103. The highest BCUT2D eigenvalue weighted by atomic mass is 16.3. The second-order valence-electron chi connectivity index (χ2n) is 6.64. The monoisotopic (exact) mass is 310 g/mol. The van der Waals surface area contributed by atoms with Crippen LogP contribution in [0.15, 0.2) is 35.6 Å². The van der Waals surface area contributed by atoms with Crippen LogP contribution in [0.5, 0.6) is 0 Å². The molecule has 0 aliphatic heterocycles. The fourth-order valence-electron chi connectivity index (χ4n) is 3.52. The maximum atomic E-state index is 11.8. The Hall–Kier alpha value is -2.40. The smallest absolute Gasteiger partial charge is 0.190 e. The molecule has 120 valence electrons. The van der Waals surface area contributed by atoms with Gasteiger partial charge in [0, 0.05) is 0 Å². The van der Waals surface area contributed by atoms with E-state index in [1.165, 1.54) is 5.01 Å². The third-order valence-electron chi connectivity index (χ3n) is 4.89. The highest BCUT2D eigenvalue weighted by Crippen LogP contribution is 2.46. The number of nitriles is 2. The zero-order chi connectivity index (χ0) is 16.9. The summed E-state index contributed by atoms with van der Waals surface area (Å²) in [6, 6.07) is 13.5. The van der Waals surface area contributed by atoms with Crippen LogP contribution in [0.4, 0.5) is 0 Å². The minimum atomic E-state index is -1.40. The summed E-state index contributed by atoms with van der Waals surface area (Å²) in [6.45, 7) is 3.40. The number of rotatable bonds is 5. The summed E-state index contributed by atoms with van der Waals surface area (Å²) in [7, 11) is 0. The fraction of sp³-hybridized carbons (Fsp3) is 0.556. The number of hydrogen-bond acceptors (Lipinski definition) is 4. The summed E-state index contributed by atoms with van der Waals surface area (Å²) in [4.78, 5) is 11.8. The fourth-order valence-corrected chi connectivity index (χ4v) is 3.52. The average Bonchev–Trinajstić information content (AvgIpc) is 2.61. The summed E-state index contributed by atoms with van der Waals surface area (Å²) in [5, 5.41) is 24.4. The SMILES string of the molecule is CC(C)(C#N)C(C#N)(c1ccccc1)N(N=O)C1CCCCC1. The van der Waals surface area contributed by atoms with Crippen molar-refractivity contribution in [2.75, 3.05) is 0 Å². The van der Waals surface area contributed by atoms with Crippen LogP contribution in [-0.2, 0) is 5.54 Å². The molecule has 1 atom stereocenters. The maximum Gasteiger partial charge on any atom is 0.190 e. The van der Waals surface area contributed by atoms with Gasteiger partial charge in [0.25, 0.3) is 0 Å². The molecule has 0 heterocycles. The molecule has 23 heavy (non-hydrogen) atoms. The van der Waals surface area contributed by atoms with Gasteiger partial charge in [0.1, 0.15) is 0 Å². The molecule has 0 radical (unpaired) electrons. The third kappa shape index (κ3) is 2.80. The van der Waals surface area contributed by atoms with Crippen molar-refractivity contribution >= 4 is 0 Å². The summed E-state index contributed by atoms with van der Waals surface area (Å²) in [5.74, 6) is 0. The molecular formula is C18H22N4O. The van der Waals surface area contributed by atoms with Gasteiger partial charge in [-0.05, 0) is 32.3 Å². The van der Waals surface area contributed by atoms with E-state index in [1.54, 1.807) is 26.0 Å². The highest BCUT2D eigenvalue weighted by Gasteiger charge is 2.55. The topological polar surface area (TPSA) is 80.2 Å². The Morgan fingerprint density at radius 2 is 1.70 bits per heavy atom. The van der Waals surface area contributed by atoms with E-state index in [0.29, 0.717) is 5.56 Å². The van der Waals surface area contributed by atoms with E-state index in [2.05, 4.69) is 17.4 Å². The van der Waals surface area contributed by atoms with Crippen LogP contribution in [0.3, 0.4) is 0 Å². The number of benzene rings is 1. The van der Waals surface area contributed by atoms with E-state index in [-0.39, 0.29) is 6.04 Å². The van der Waals surface area contributed by atoms with E-state index in [4.69, 9.17) is 0 Å². The molecule has 1 saturated carbocycles. The van der Waals surface area contributed by atoms with Crippen LogP contribution in [0, 0.1) is 33.0 Å². The van der Waals surface area contributed by atoms with Gasteiger partial charge < -0.3 is 0 Å². The van der Waals surface area contributed by atoms with Gasteiger partial charge in [-0.1, -0.05) is 49.6 Å². The second kappa shape index (κ2) is 6.79. The molecule has 1 fully saturated rings. The summed E-state index contributed by atoms with van der Waals surface area (Å²) in [5.41, 5.74) is -1.85. The molecule has 0 bridgehead atoms. The molecule has 5 nitrogen and oxygen atoms in total. The molecule has 1 aromatic rings. The van der Waals surface area contributed by atoms with Crippen molar-refractivity contribution in [1.29, 1.82) is 10.5 Å². The molecule has 1 aliphatic rings. The number of nitroso groups, excluding NO2 is 1. The molecule has 1 unspecified atom stereocenters. The first-order valence-electron chi connectivity index (χ1n) is 8.04. The summed E-state index contributed by atoms with van der Waals surface area (Å²) >= 11 is 0. The van der Waals surface area contributed by atoms with Gasteiger partial charge in [-0.2, -0.15) is 10.5 Å². The van der Waals surface area contributed by atoms with E-state index in [0.717, 1.165) is 32.1 Å². The Balaban J connectivity index is 2.63. The molecule has 2 rings (SSSR count). The van der Waals surface area contributed by atoms with Gasteiger partial charge in [-0.25, -0.2) is 5.01 Å². The Morgan fingerprint density at radius 3 is 2.17 bits per heavy atom. The average molecular weight is 310 g/mol. The maximum absolute atomic E-state index is 11.8. The van der Waals surface area contributed by atoms with Gasteiger partial charge in [-0.3, -0.25) is 0 Å². The van der Waals surface area contributed by atoms with Gasteiger partial charge in [0.05, 0.1) is 28.9 Å². The Morgan fingerprint density at radius 1 is 1.09 bits per heavy atom. The molecule has 0 aromatic heterocycles. The third-order valence-corrected chi connectivity index (χ3v) is 4.89. The highest BCUT2D eigenvalue weighted by molar-refractivity contribution is 5.37. The van der Waals surface area contributed by atoms with E-state index < -0.39 is 11.0 Å². The van der Waals surface area contributed by atoms with Crippen molar-refractivity contribution in [2.45, 2.75) is 57.5 Å². The molecule has 0 saturated heterocycles. The predicted octanol–water partition coefficient (Wildman–Crippen LogP) is 4.27. The number of hydrogen-bond donors (Lipinski definition) is 0. The number of nitrogens with zero attached hydrogens (tertiary/aromatic N) is 4. The van der Waals surface area contributed by atoms with Gasteiger partial charge >= 0.3 is 0 Å². The molecular weight excluding hydrogens is 288 g/mol. The van der Waals surface area contributed by atoms with Crippen molar-refractivity contribution in [3.8, 4) is 12.1 Å². The first kappa shape index (κ1) is 17.0. The first-order valence-corrected chi connectivity index (χ1v) is 8.04. The molecule has 5 heteroatoms. The molecule has 0 N–H and O–H groups in total.